The fourth-order valence-electron chi connectivity index (χ4n) is 2.48. The van der Waals surface area contributed by atoms with Crippen LogP contribution in [-0.2, 0) is 0 Å². The summed E-state index contributed by atoms with van der Waals surface area (Å²) in [6, 6.07) is 1.91. The number of nitrogens with zero attached hydrogens (tertiary/aromatic N) is 1. The van der Waals surface area contributed by atoms with E-state index in [1.807, 2.05) is 0 Å². The van der Waals surface area contributed by atoms with E-state index >= 15 is 0 Å². The molecule has 2 rings (SSSR count). The van der Waals surface area contributed by atoms with E-state index in [0.29, 0.717) is 23.2 Å². The lowest BCUT2D eigenvalue weighted by atomic mass is 9.87. The minimum atomic E-state index is -0.904. The van der Waals surface area contributed by atoms with Crippen LogP contribution in [0.25, 0.3) is 0 Å². The van der Waals surface area contributed by atoms with Crippen LogP contribution in [0.3, 0.4) is 0 Å². The standard InChI is InChI=1S/C13H18N2O2/c1-9-3-2-4-10(7-9)15-12-8-14-6-5-11(12)13(16)17/h5-6,8-10,15H,2-4,7H2,1H3,(H,16,17). The van der Waals surface area contributed by atoms with Crippen molar-refractivity contribution in [1.82, 2.24) is 4.98 Å². The van der Waals surface area contributed by atoms with Crippen molar-refractivity contribution in [3.8, 4) is 0 Å². The largest absolute Gasteiger partial charge is 0.478 e. The molecule has 0 aliphatic heterocycles. The summed E-state index contributed by atoms with van der Waals surface area (Å²) in [7, 11) is 0. The number of rotatable bonds is 3. The molecule has 2 unspecified atom stereocenters. The van der Waals surface area contributed by atoms with Crippen molar-refractivity contribution in [3.63, 3.8) is 0 Å². The molecule has 1 aliphatic rings. The smallest absolute Gasteiger partial charge is 0.337 e. The molecule has 1 aromatic rings. The van der Waals surface area contributed by atoms with Gasteiger partial charge in [0.2, 0.25) is 0 Å². The summed E-state index contributed by atoms with van der Waals surface area (Å²) < 4.78 is 0. The Bertz CT molecular complexity index is 406. The first-order chi connectivity index (χ1) is 8.16. The van der Waals surface area contributed by atoms with Crippen LogP contribution < -0.4 is 5.32 Å². The van der Waals surface area contributed by atoms with Crippen LogP contribution >= 0.6 is 0 Å². The predicted molar refractivity (Wildman–Crippen MR) is 66.2 cm³/mol. The number of anilines is 1. The second-order valence-electron chi connectivity index (χ2n) is 4.84. The van der Waals surface area contributed by atoms with Crippen molar-refractivity contribution in [2.45, 2.75) is 38.6 Å². The van der Waals surface area contributed by atoms with Gasteiger partial charge < -0.3 is 10.4 Å². The Morgan fingerprint density at radius 2 is 2.35 bits per heavy atom. The normalized spacial score (nSPS) is 24.3. The Morgan fingerprint density at radius 3 is 3.06 bits per heavy atom. The molecule has 0 amide bonds. The number of carboxylic acid groups (broad SMARTS) is 1. The summed E-state index contributed by atoms with van der Waals surface area (Å²) in [6.07, 6.45) is 7.81. The van der Waals surface area contributed by atoms with E-state index in [-0.39, 0.29) is 0 Å². The van der Waals surface area contributed by atoms with Gasteiger partial charge in [-0.2, -0.15) is 0 Å². The molecule has 2 atom stereocenters. The maximum absolute atomic E-state index is 11.1. The predicted octanol–water partition coefficient (Wildman–Crippen LogP) is 2.77. The van der Waals surface area contributed by atoms with Crippen LogP contribution in [0.2, 0.25) is 0 Å². The molecule has 0 radical (unpaired) electrons. The van der Waals surface area contributed by atoms with Gasteiger partial charge in [0.1, 0.15) is 0 Å². The minimum Gasteiger partial charge on any atom is -0.478 e. The van der Waals surface area contributed by atoms with Crippen LogP contribution in [-0.4, -0.2) is 22.1 Å². The molecule has 0 spiro atoms. The van der Waals surface area contributed by atoms with Crippen molar-refractivity contribution in [2.75, 3.05) is 5.32 Å². The fraction of sp³-hybridized carbons (Fsp3) is 0.538. The first kappa shape index (κ1) is 11.9. The number of aromatic nitrogens is 1. The van der Waals surface area contributed by atoms with Gasteiger partial charge in [0, 0.05) is 12.2 Å². The topological polar surface area (TPSA) is 62.2 Å². The molecule has 1 saturated carbocycles. The van der Waals surface area contributed by atoms with Gasteiger partial charge in [0.25, 0.3) is 0 Å². The molecular weight excluding hydrogens is 216 g/mol. The third-order valence-corrected chi connectivity index (χ3v) is 3.35. The van der Waals surface area contributed by atoms with Gasteiger partial charge in [-0.3, -0.25) is 4.98 Å². The van der Waals surface area contributed by atoms with Crippen LogP contribution in [0.1, 0.15) is 43.0 Å². The monoisotopic (exact) mass is 234 g/mol. The molecule has 17 heavy (non-hydrogen) atoms. The first-order valence-electron chi connectivity index (χ1n) is 6.10. The van der Waals surface area contributed by atoms with E-state index in [9.17, 15) is 4.79 Å². The Morgan fingerprint density at radius 1 is 1.53 bits per heavy atom. The Balaban J connectivity index is 2.10. The summed E-state index contributed by atoms with van der Waals surface area (Å²) >= 11 is 0. The van der Waals surface area contributed by atoms with E-state index in [1.165, 1.54) is 25.1 Å². The molecule has 92 valence electrons. The third kappa shape index (κ3) is 2.96. The summed E-state index contributed by atoms with van der Waals surface area (Å²) in [5.41, 5.74) is 0.942. The highest BCUT2D eigenvalue weighted by Gasteiger charge is 2.20. The summed E-state index contributed by atoms with van der Waals surface area (Å²) in [5.74, 6) is -0.190. The zero-order valence-corrected chi connectivity index (χ0v) is 10.0. The Kier molecular flexibility index (Phi) is 3.61. The van der Waals surface area contributed by atoms with Gasteiger partial charge >= 0.3 is 5.97 Å². The van der Waals surface area contributed by atoms with Crippen molar-refractivity contribution >= 4 is 11.7 Å². The van der Waals surface area contributed by atoms with Gasteiger partial charge in [0.05, 0.1) is 17.4 Å². The number of nitrogens with one attached hydrogen (secondary N) is 1. The molecule has 4 heteroatoms. The molecule has 0 saturated heterocycles. The lowest BCUT2D eigenvalue weighted by Gasteiger charge is -2.28. The average Bonchev–Trinajstić information content (AvgIpc) is 2.29. The number of carboxylic acids is 1. The number of hydrogen-bond acceptors (Lipinski definition) is 3. The highest BCUT2D eigenvalue weighted by molar-refractivity contribution is 5.93. The molecule has 1 fully saturated rings. The Hall–Kier alpha value is -1.58. The number of pyridine rings is 1. The fourth-order valence-corrected chi connectivity index (χ4v) is 2.48. The second-order valence-corrected chi connectivity index (χ2v) is 4.84. The van der Waals surface area contributed by atoms with Gasteiger partial charge in [-0.1, -0.05) is 19.8 Å². The van der Waals surface area contributed by atoms with Crippen LogP contribution in [0, 0.1) is 5.92 Å². The first-order valence-corrected chi connectivity index (χ1v) is 6.10. The van der Waals surface area contributed by atoms with Gasteiger partial charge in [-0.25, -0.2) is 4.79 Å². The summed E-state index contributed by atoms with van der Waals surface area (Å²) in [5, 5.41) is 12.4. The van der Waals surface area contributed by atoms with E-state index < -0.39 is 5.97 Å². The van der Waals surface area contributed by atoms with Crippen LogP contribution in [0.15, 0.2) is 18.5 Å². The van der Waals surface area contributed by atoms with Crippen molar-refractivity contribution in [1.29, 1.82) is 0 Å². The molecule has 0 bridgehead atoms. The second kappa shape index (κ2) is 5.17. The average molecular weight is 234 g/mol. The number of carbonyl (C=O) groups is 1. The van der Waals surface area contributed by atoms with Crippen LogP contribution in [0.5, 0.6) is 0 Å². The lowest BCUT2D eigenvalue weighted by Crippen LogP contribution is -2.27. The van der Waals surface area contributed by atoms with E-state index in [2.05, 4.69) is 17.2 Å². The van der Waals surface area contributed by atoms with Crippen molar-refractivity contribution < 1.29 is 9.90 Å². The number of aromatic carboxylic acids is 1. The van der Waals surface area contributed by atoms with Crippen molar-refractivity contribution in [2.24, 2.45) is 5.92 Å². The zero-order valence-electron chi connectivity index (χ0n) is 10.0. The van der Waals surface area contributed by atoms with E-state index in [0.717, 1.165) is 12.8 Å². The molecule has 0 aromatic carbocycles. The minimum absolute atomic E-state index is 0.304. The molecule has 1 aliphatic carbocycles. The molecule has 1 heterocycles. The maximum atomic E-state index is 11.1. The highest BCUT2D eigenvalue weighted by Crippen LogP contribution is 2.27. The third-order valence-electron chi connectivity index (χ3n) is 3.35. The maximum Gasteiger partial charge on any atom is 0.337 e. The van der Waals surface area contributed by atoms with Crippen LogP contribution in [0.4, 0.5) is 5.69 Å². The van der Waals surface area contributed by atoms with E-state index in [1.54, 1.807) is 6.20 Å². The highest BCUT2D eigenvalue weighted by atomic mass is 16.4. The molecule has 2 N–H and O–H groups in total. The SMILES string of the molecule is CC1CCCC(Nc2cnccc2C(=O)O)C1. The summed E-state index contributed by atoms with van der Waals surface area (Å²) in [6.45, 7) is 2.25. The molecular formula is C13H18N2O2. The molecule has 4 nitrogen and oxygen atoms in total. The van der Waals surface area contributed by atoms with E-state index in [4.69, 9.17) is 5.11 Å². The zero-order chi connectivity index (χ0) is 12.3. The van der Waals surface area contributed by atoms with Crippen molar-refractivity contribution in [3.05, 3.63) is 24.0 Å². The molecule has 1 aromatic heterocycles. The lowest BCUT2D eigenvalue weighted by molar-refractivity contribution is 0.0697. The number of hydrogen-bond donors (Lipinski definition) is 2. The van der Waals surface area contributed by atoms with Gasteiger partial charge in [-0.05, 0) is 24.8 Å². The summed E-state index contributed by atoms with van der Waals surface area (Å²) in [4.78, 5) is 15.0. The quantitative estimate of drug-likeness (QED) is 0.844. The van der Waals surface area contributed by atoms with Gasteiger partial charge in [-0.15, -0.1) is 0 Å². The Labute approximate surface area is 101 Å². The van der Waals surface area contributed by atoms with Gasteiger partial charge in [0.15, 0.2) is 0 Å².